The summed E-state index contributed by atoms with van der Waals surface area (Å²) in [6.45, 7) is 2.08. The molecule has 2 heteroatoms. The van der Waals surface area contributed by atoms with Gasteiger partial charge in [0, 0.05) is 4.90 Å². The molecule has 14 heavy (non-hydrogen) atoms. The zero-order valence-electron chi connectivity index (χ0n) is 8.29. The predicted molar refractivity (Wildman–Crippen MR) is 59.2 cm³/mol. The molecule has 72 valence electrons. The van der Waals surface area contributed by atoms with Crippen LogP contribution in [0.5, 0.6) is 0 Å². The van der Waals surface area contributed by atoms with Gasteiger partial charge in [-0.25, -0.2) is 0 Å². The van der Waals surface area contributed by atoms with Crippen LogP contribution in [0.3, 0.4) is 0 Å². The summed E-state index contributed by atoms with van der Waals surface area (Å²) in [5, 5.41) is 9.08. The fourth-order valence-electron chi connectivity index (χ4n) is 1.57. The molecule has 1 aliphatic rings. The van der Waals surface area contributed by atoms with Crippen molar-refractivity contribution in [1.29, 1.82) is 5.26 Å². The zero-order chi connectivity index (χ0) is 10.0. The number of aryl methyl sites for hydroxylation is 1. The quantitative estimate of drug-likeness (QED) is 0.734. The Morgan fingerprint density at radius 3 is 2.36 bits per heavy atom. The average Bonchev–Trinajstić information content (AvgIpc) is 2.15. The molecule has 1 aromatic carbocycles. The van der Waals surface area contributed by atoms with Crippen LogP contribution in [0.4, 0.5) is 0 Å². The first kappa shape index (κ1) is 9.61. The molecule has 1 aliphatic carbocycles. The Kier molecular flexibility index (Phi) is 2.52. The molecule has 0 aliphatic heterocycles. The van der Waals surface area contributed by atoms with Crippen LogP contribution in [0.1, 0.15) is 24.8 Å². The number of benzene rings is 1. The van der Waals surface area contributed by atoms with Crippen LogP contribution < -0.4 is 0 Å². The lowest BCUT2D eigenvalue weighted by atomic mass is 9.86. The van der Waals surface area contributed by atoms with E-state index in [4.69, 9.17) is 5.26 Å². The van der Waals surface area contributed by atoms with E-state index in [9.17, 15) is 0 Å². The Bertz CT molecular complexity index is 357. The van der Waals surface area contributed by atoms with Crippen molar-refractivity contribution in [3.63, 3.8) is 0 Å². The molecule has 0 bridgehead atoms. The maximum Gasteiger partial charge on any atom is 0.107 e. The lowest BCUT2D eigenvalue weighted by molar-refractivity contribution is 0.440. The van der Waals surface area contributed by atoms with E-state index in [-0.39, 0.29) is 4.75 Å². The molecule has 0 radical (unpaired) electrons. The number of rotatable bonds is 2. The molecule has 0 heterocycles. The van der Waals surface area contributed by atoms with Gasteiger partial charge in [-0.3, -0.25) is 0 Å². The highest BCUT2D eigenvalue weighted by Crippen LogP contribution is 2.46. The summed E-state index contributed by atoms with van der Waals surface area (Å²) in [6.07, 6.45) is 3.29. The first-order valence-electron chi connectivity index (χ1n) is 4.91. The van der Waals surface area contributed by atoms with E-state index >= 15 is 0 Å². The van der Waals surface area contributed by atoms with E-state index in [2.05, 4.69) is 37.3 Å². The van der Waals surface area contributed by atoms with Gasteiger partial charge in [0.25, 0.3) is 0 Å². The molecular weight excluding hydrogens is 190 g/mol. The maximum atomic E-state index is 9.08. The molecule has 0 saturated heterocycles. The Balaban J connectivity index is 2.11. The van der Waals surface area contributed by atoms with Gasteiger partial charge in [-0.2, -0.15) is 5.26 Å². The summed E-state index contributed by atoms with van der Waals surface area (Å²) in [5.74, 6) is 0. The molecule has 1 nitrogen and oxygen atoms in total. The molecule has 0 spiro atoms. The van der Waals surface area contributed by atoms with E-state index in [0.29, 0.717) is 0 Å². The average molecular weight is 203 g/mol. The van der Waals surface area contributed by atoms with Gasteiger partial charge in [-0.15, -0.1) is 11.8 Å². The monoisotopic (exact) mass is 203 g/mol. The first-order chi connectivity index (χ1) is 6.74. The van der Waals surface area contributed by atoms with Gasteiger partial charge in [0.1, 0.15) is 4.75 Å². The third-order valence-electron chi connectivity index (χ3n) is 2.70. The van der Waals surface area contributed by atoms with Gasteiger partial charge >= 0.3 is 0 Å². The summed E-state index contributed by atoms with van der Waals surface area (Å²) >= 11 is 1.73. The standard InChI is InChI=1S/C12H13NS/c1-10-3-5-11(6-4-10)14-12(9-13)7-2-8-12/h3-6H,2,7-8H2,1H3. The minimum Gasteiger partial charge on any atom is -0.197 e. The summed E-state index contributed by atoms with van der Waals surface area (Å²) in [4.78, 5) is 1.22. The van der Waals surface area contributed by atoms with Crippen molar-refractivity contribution in [1.82, 2.24) is 0 Å². The van der Waals surface area contributed by atoms with Crippen molar-refractivity contribution in [3.8, 4) is 6.07 Å². The Morgan fingerprint density at radius 1 is 1.29 bits per heavy atom. The summed E-state index contributed by atoms with van der Waals surface area (Å²) in [6, 6.07) is 10.9. The van der Waals surface area contributed by atoms with Crippen LogP contribution in [0.15, 0.2) is 29.2 Å². The fourth-order valence-corrected chi connectivity index (χ4v) is 2.83. The smallest absolute Gasteiger partial charge is 0.107 e. The minimum absolute atomic E-state index is 0.116. The summed E-state index contributed by atoms with van der Waals surface area (Å²) in [7, 11) is 0. The second-order valence-electron chi connectivity index (χ2n) is 3.87. The third kappa shape index (κ3) is 1.78. The van der Waals surface area contributed by atoms with Gasteiger partial charge in [-0.1, -0.05) is 17.7 Å². The summed E-state index contributed by atoms with van der Waals surface area (Å²) < 4.78 is -0.116. The molecule has 1 fully saturated rings. The van der Waals surface area contributed by atoms with Crippen molar-refractivity contribution in [2.45, 2.75) is 35.8 Å². The number of nitrogens with zero attached hydrogens (tertiary/aromatic N) is 1. The largest absolute Gasteiger partial charge is 0.197 e. The van der Waals surface area contributed by atoms with Crippen molar-refractivity contribution in [3.05, 3.63) is 29.8 Å². The van der Waals surface area contributed by atoms with Crippen LogP contribution in [0.2, 0.25) is 0 Å². The van der Waals surface area contributed by atoms with Crippen LogP contribution in [-0.4, -0.2) is 4.75 Å². The van der Waals surface area contributed by atoms with Crippen LogP contribution in [0, 0.1) is 18.3 Å². The van der Waals surface area contributed by atoms with E-state index < -0.39 is 0 Å². The second kappa shape index (κ2) is 3.67. The van der Waals surface area contributed by atoms with Crippen LogP contribution >= 0.6 is 11.8 Å². The molecule has 0 N–H and O–H groups in total. The van der Waals surface area contributed by atoms with Gasteiger partial charge in [-0.05, 0) is 38.3 Å². The highest BCUT2D eigenvalue weighted by molar-refractivity contribution is 8.01. The molecule has 0 unspecified atom stereocenters. The molecule has 0 atom stereocenters. The molecule has 0 amide bonds. The van der Waals surface area contributed by atoms with E-state index in [1.807, 2.05) is 0 Å². The Morgan fingerprint density at radius 2 is 1.93 bits per heavy atom. The number of thioether (sulfide) groups is 1. The highest BCUT2D eigenvalue weighted by Gasteiger charge is 2.38. The fraction of sp³-hybridized carbons (Fsp3) is 0.417. The highest BCUT2D eigenvalue weighted by atomic mass is 32.2. The van der Waals surface area contributed by atoms with Gasteiger partial charge in [0.15, 0.2) is 0 Å². The lowest BCUT2D eigenvalue weighted by Gasteiger charge is -2.34. The third-order valence-corrected chi connectivity index (χ3v) is 4.10. The Hall–Kier alpha value is -0.940. The van der Waals surface area contributed by atoms with E-state index in [1.54, 1.807) is 11.8 Å². The second-order valence-corrected chi connectivity index (χ2v) is 5.33. The van der Waals surface area contributed by atoms with Crippen LogP contribution in [-0.2, 0) is 0 Å². The van der Waals surface area contributed by atoms with E-state index in [0.717, 1.165) is 12.8 Å². The van der Waals surface area contributed by atoms with Gasteiger partial charge < -0.3 is 0 Å². The maximum absolute atomic E-state index is 9.08. The lowest BCUT2D eigenvalue weighted by Crippen LogP contribution is -2.30. The summed E-state index contributed by atoms with van der Waals surface area (Å²) in [5.41, 5.74) is 1.27. The van der Waals surface area contributed by atoms with Crippen molar-refractivity contribution >= 4 is 11.8 Å². The topological polar surface area (TPSA) is 23.8 Å². The predicted octanol–water partition coefficient (Wildman–Crippen LogP) is 3.53. The SMILES string of the molecule is Cc1ccc(SC2(C#N)CCC2)cc1. The molecule has 1 aromatic rings. The van der Waals surface area contributed by atoms with Gasteiger partial charge in [0.2, 0.25) is 0 Å². The molecule has 2 rings (SSSR count). The van der Waals surface area contributed by atoms with Crippen molar-refractivity contribution in [2.75, 3.05) is 0 Å². The Labute approximate surface area is 89.1 Å². The number of hydrogen-bond acceptors (Lipinski definition) is 2. The molecular formula is C12H13NS. The van der Waals surface area contributed by atoms with Crippen LogP contribution in [0.25, 0.3) is 0 Å². The first-order valence-corrected chi connectivity index (χ1v) is 5.73. The van der Waals surface area contributed by atoms with E-state index in [1.165, 1.54) is 16.9 Å². The number of hydrogen-bond donors (Lipinski definition) is 0. The molecule has 0 aromatic heterocycles. The number of nitriles is 1. The normalized spacial score (nSPS) is 18.3. The van der Waals surface area contributed by atoms with Crippen molar-refractivity contribution in [2.24, 2.45) is 0 Å². The van der Waals surface area contributed by atoms with Crippen molar-refractivity contribution < 1.29 is 0 Å². The molecule has 1 saturated carbocycles. The van der Waals surface area contributed by atoms with Gasteiger partial charge in [0.05, 0.1) is 6.07 Å². The minimum atomic E-state index is -0.116. The zero-order valence-corrected chi connectivity index (χ0v) is 9.10.